The summed E-state index contributed by atoms with van der Waals surface area (Å²) in [4.78, 5) is 38.3. The van der Waals surface area contributed by atoms with Crippen LogP contribution in [-0.4, -0.2) is 29.2 Å². The number of nitrogens with zero attached hydrogens (tertiary/aromatic N) is 1. The minimum Gasteiger partial charge on any atom is -0.319 e. The zero-order valence-electron chi connectivity index (χ0n) is 12.2. The van der Waals surface area contributed by atoms with E-state index in [1.54, 1.807) is 17.5 Å². The van der Waals surface area contributed by atoms with Crippen LogP contribution in [0, 0.1) is 5.82 Å². The topological polar surface area (TPSA) is 66.5 Å². The van der Waals surface area contributed by atoms with Crippen LogP contribution in [0.1, 0.15) is 22.2 Å². The Kier molecular flexibility index (Phi) is 3.73. The highest BCUT2D eigenvalue weighted by molar-refractivity contribution is 7.12. The second kappa shape index (κ2) is 5.58. The van der Waals surface area contributed by atoms with Gasteiger partial charge in [-0.15, -0.1) is 11.3 Å². The first kappa shape index (κ1) is 15.4. The Morgan fingerprint density at radius 3 is 2.57 bits per heavy atom. The molecule has 1 aliphatic rings. The highest BCUT2D eigenvalue weighted by Crippen LogP contribution is 2.29. The molecular weight excluding hydrogens is 319 g/mol. The van der Waals surface area contributed by atoms with Crippen molar-refractivity contribution < 1.29 is 18.8 Å². The lowest BCUT2D eigenvalue weighted by Gasteiger charge is -2.22. The van der Waals surface area contributed by atoms with Crippen molar-refractivity contribution in [2.24, 2.45) is 0 Å². The van der Waals surface area contributed by atoms with E-state index in [0.717, 1.165) is 4.90 Å². The molecule has 0 spiro atoms. The summed E-state index contributed by atoms with van der Waals surface area (Å²) in [5, 5.41) is 4.33. The van der Waals surface area contributed by atoms with E-state index in [1.807, 2.05) is 0 Å². The van der Waals surface area contributed by atoms with Crippen LogP contribution >= 0.6 is 11.3 Å². The van der Waals surface area contributed by atoms with Crippen LogP contribution in [0.5, 0.6) is 0 Å². The van der Waals surface area contributed by atoms with Crippen molar-refractivity contribution in [1.82, 2.24) is 10.2 Å². The number of ketones is 1. The summed E-state index contributed by atoms with van der Waals surface area (Å²) in [6, 6.07) is 8.07. The lowest BCUT2D eigenvalue weighted by Crippen LogP contribution is -2.41. The number of carbonyl (C=O) groups is 3. The number of halogens is 1. The predicted octanol–water partition coefficient (Wildman–Crippen LogP) is 2.54. The molecule has 3 amide bonds. The Balaban J connectivity index is 1.85. The Morgan fingerprint density at radius 1 is 1.26 bits per heavy atom. The van der Waals surface area contributed by atoms with E-state index in [2.05, 4.69) is 5.32 Å². The van der Waals surface area contributed by atoms with Crippen molar-refractivity contribution in [2.45, 2.75) is 12.5 Å². The first-order valence-corrected chi connectivity index (χ1v) is 7.76. The van der Waals surface area contributed by atoms with Gasteiger partial charge in [0, 0.05) is 0 Å². The number of nitrogens with one attached hydrogen (secondary N) is 1. The molecule has 5 nitrogen and oxygen atoms in total. The van der Waals surface area contributed by atoms with Crippen molar-refractivity contribution >= 4 is 29.1 Å². The molecule has 0 radical (unpaired) electrons. The third-order valence-corrected chi connectivity index (χ3v) is 4.71. The smallest absolute Gasteiger partial charge is 0.319 e. The van der Waals surface area contributed by atoms with Crippen LogP contribution in [0.2, 0.25) is 0 Å². The van der Waals surface area contributed by atoms with Crippen molar-refractivity contribution in [3.63, 3.8) is 0 Å². The molecular formula is C16H13FN2O3S. The second-order valence-corrected chi connectivity index (χ2v) is 6.30. The molecule has 1 aliphatic heterocycles. The fourth-order valence-electron chi connectivity index (χ4n) is 2.48. The maximum absolute atomic E-state index is 13.1. The third-order valence-electron chi connectivity index (χ3n) is 3.79. The lowest BCUT2D eigenvalue weighted by molar-refractivity contribution is -0.130. The molecule has 1 aromatic carbocycles. The van der Waals surface area contributed by atoms with Gasteiger partial charge in [0.25, 0.3) is 5.91 Å². The van der Waals surface area contributed by atoms with E-state index in [-0.39, 0.29) is 12.3 Å². The number of hydrogen-bond donors (Lipinski definition) is 1. The monoisotopic (exact) mass is 332 g/mol. The van der Waals surface area contributed by atoms with Gasteiger partial charge in [-0.1, -0.05) is 18.2 Å². The average molecular weight is 332 g/mol. The molecule has 1 saturated heterocycles. The van der Waals surface area contributed by atoms with Gasteiger partial charge in [0.05, 0.1) is 11.4 Å². The number of amides is 3. The molecule has 1 unspecified atom stereocenters. The van der Waals surface area contributed by atoms with E-state index < -0.39 is 23.3 Å². The zero-order chi connectivity index (χ0) is 16.6. The normalized spacial score (nSPS) is 20.7. The molecule has 23 heavy (non-hydrogen) atoms. The van der Waals surface area contributed by atoms with Crippen molar-refractivity contribution in [1.29, 1.82) is 0 Å². The maximum Gasteiger partial charge on any atom is 0.325 e. The summed E-state index contributed by atoms with van der Waals surface area (Å²) in [5.74, 6) is -1.26. The Labute approximate surface area is 135 Å². The molecule has 1 N–H and O–H groups in total. The third kappa shape index (κ3) is 2.63. The van der Waals surface area contributed by atoms with E-state index in [1.165, 1.54) is 42.5 Å². The van der Waals surface area contributed by atoms with Crippen molar-refractivity contribution in [2.75, 3.05) is 6.54 Å². The van der Waals surface area contributed by atoms with Gasteiger partial charge in [0.15, 0.2) is 5.78 Å². The van der Waals surface area contributed by atoms with Gasteiger partial charge in [0.1, 0.15) is 11.4 Å². The van der Waals surface area contributed by atoms with Gasteiger partial charge in [-0.25, -0.2) is 9.18 Å². The summed E-state index contributed by atoms with van der Waals surface area (Å²) in [5.41, 5.74) is -0.844. The van der Waals surface area contributed by atoms with Crippen molar-refractivity contribution in [3.05, 3.63) is 58.0 Å². The lowest BCUT2D eigenvalue weighted by atomic mass is 9.92. The number of thiophene rings is 1. The molecule has 0 aliphatic carbocycles. The average Bonchev–Trinajstić information content (AvgIpc) is 3.12. The number of hydrogen-bond acceptors (Lipinski definition) is 4. The Morgan fingerprint density at radius 2 is 1.96 bits per heavy atom. The second-order valence-electron chi connectivity index (χ2n) is 5.35. The van der Waals surface area contributed by atoms with Gasteiger partial charge in [-0.3, -0.25) is 14.5 Å². The molecule has 2 heterocycles. The molecule has 1 atom stereocenters. The van der Waals surface area contributed by atoms with E-state index in [4.69, 9.17) is 0 Å². The van der Waals surface area contributed by atoms with Gasteiger partial charge < -0.3 is 5.32 Å². The SMILES string of the molecule is CC1(c2ccc(F)cc2)NC(=O)N(CC(=O)c2cccs2)C1=O. The number of benzene rings is 1. The highest BCUT2D eigenvalue weighted by Gasteiger charge is 2.49. The van der Waals surface area contributed by atoms with Crippen LogP contribution in [0.3, 0.4) is 0 Å². The standard InChI is InChI=1S/C16H13FN2O3S/c1-16(10-4-6-11(17)7-5-10)14(21)19(15(22)18-16)9-12(20)13-3-2-8-23-13/h2-8H,9H2,1H3,(H,18,22). The van der Waals surface area contributed by atoms with Crippen LogP contribution in [0.15, 0.2) is 41.8 Å². The predicted molar refractivity (Wildman–Crippen MR) is 82.6 cm³/mol. The number of Topliss-reactive ketones (excluding diaryl/α,β-unsaturated/α-hetero) is 1. The van der Waals surface area contributed by atoms with E-state index in [0.29, 0.717) is 10.4 Å². The Bertz CT molecular complexity index is 773. The van der Waals surface area contributed by atoms with Gasteiger partial charge in [0.2, 0.25) is 0 Å². The van der Waals surface area contributed by atoms with Crippen LogP contribution < -0.4 is 5.32 Å². The van der Waals surface area contributed by atoms with Gasteiger partial charge in [-0.2, -0.15) is 0 Å². The largest absolute Gasteiger partial charge is 0.325 e. The number of imide groups is 1. The van der Waals surface area contributed by atoms with Crippen LogP contribution in [0.25, 0.3) is 0 Å². The molecule has 2 aromatic rings. The summed E-state index contributed by atoms with van der Waals surface area (Å²) in [6.07, 6.45) is 0. The van der Waals surface area contributed by atoms with Crippen LogP contribution in [0.4, 0.5) is 9.18 Å². The zero-order valence-corrected chi connectivity index (χ0v) is 13.0. The fraction of sp³-hybridized carbons (Fsp3) is 0.188. The highest BCUT2D eigenvalue weighted by atomic mass is 32.1. The molecule has 1 aromatic heterocycles. The first-order chi connectivity index (χ1) is 10.9. The minimum atomic E-state index is -1.31. The fourth-order valence-corrected chi connectivity index (χ4v) is 3.14. The van der Waals surface area contributed by atoms with E-state index >= 15 is 0 Å². The minimum absolute atomic E-state index is 0.299. The molecule has 0 bridgehead atoms. The number of rotatable bonds is 4. The summed E-state index contributed by atoms with van der Waals surface area (Å²) < 4.78 is 13.1. The number of carbonyl (C=O) groups excluding carboxylic acids is 3. The molecule has 0 saturated carbocycles. The molecule has 7 heteroatoms. The summed E-state index contributed by atoms with van der Waals surface area (Å²) in [6.45, 7) is 1.22. The van der Waals surface area contributed by atoms with Gasteiger partial charge in [-0.05, 0) is 36.1 Å². The number of urea groups is 1. The Hall–Kier alpha value is -2.54. The quantitative estimate of drug-likeness (QED) is 0.691. The van der Waals surface area contributed by atoms with Crippen molar-refractivity contribution in [3.8, 4) is 0 Å². The summed E-state index contributed by atoms with van der Waals surface area (Å²) in [7, 11) is 0. The molecule has 3 rings (SSSR count). The van der Waals surface area contributed by atoms with Gasteiger partial charge >= 0.3 is 6.03 Å². The first-order valence-electron chi connectivity index (χ1n) is 6.88. The van der Waals surface area contributed by atoms with E-state index in [9.17, 15) is 18.8 Å². The molecule has 118 valence electrons. The molecule has 1 fully saturated rings. The maximum atomic E-state index is 13.1. The summed E-state index contributed by atoms with van der Waals surface area (Å²) >= 11 is 1.25. The van der Waals surface area contributed by atoms with Crippen LogP contribution in [-0.2, 0) is 10.3 Å².